The fraction of sp³-hybridized carbons (Fsp3) is 0.238. The molecule has 0 amide bonds. The molecule has 0 saturated heterocycles. The van der Waals surface area contributed by atoms with Gasteiger partial charge in [0.25, 0.3) is 0 Å². The van der Waals surface area contributed by atoms with Crippen LogP contribution >= 0.6 is 0 Å². The maximum atomic E-state index is 10.5. The van der Waals surface area contributed by atoms with Gasteiger partial charge in [0.1, 0.15) is 12.0 Å². The van der Waals surface area contributed by atoms with Crippen LogP contribution in [0.5, 0.6) is 0 Å². The molecule has 1 heterocycles. The van der Waals surface area contributed by atoms with E-state index >= 15 is 0 Å². The number of aldehydes is 1. The van der Waals surface area contributed by atoms with Crippen LogP contribution < -0.4 is 0 Å². The summed E-state index contributed by atoms with van der Waals surface area (Å²) < 4.78 is 5.89. The summed E-state index contributed by atoms with van der Waals surface area (Å²) in [7, 11) is 1.00. The van der Waals surface area contributed by atoms with Crippen molar-refractivity contribution in [2.24, 2.45) is 0 Å². The van der Waals surface area contributed by atoms with E-state index in [1.54, 1.807) is 0 Å². The predicted molar refractivity (Wildman–Crippen MR) is 101 cm³/mol. The molecule has 0 radical (unpaired) electrons. The van der Waals surface area contributed by atoms with Gasteiger partial charge in [0.05, 0.1) is 0 Å². The SMILES string of the molecule is CC.CO.O=CCCc1nc(-c2ccccc2)c(-c2ccccc2)o1. The molecule has 0 spiro atoms. The number of carbonyl (C=O) groups is 1. The summed E-state index contributed by atoms with van der Waals surface area (Å²) >= 11 is 0. The van der Waals surface area contributed by atoms with Gasteiger partial charge in [-0.2, -0.15) is 0 Å². The fourth-order valence-electron chi connectivity index (χ4n) is 2.23. The van der Waals surface area contributed by atoms with Crippen LogP contribution in [0.15, 0.2) is 65.1 Å². The van der Waals surface area contributed by atoms with E-state index in [0.717, 1.165) is 36.0 Å². The van der Waals surface area contributed by atoms with E-state index in [0.29, 0.717) is 18.7 Å². The quantitative estimate of drug-likeness (QED) is 0.680. The van der Waals surface area contributed by atoms with Gasteiger partial charge in [0.2, 0.25) is 0 Å². The lowest BCUT2D eigenvalue weighted by Gasteiger charge is -2.00. The van der Waals surface area contributed by atoms with Gasteiger partial charge in [0.15, 0.2) is 11.7 Å². The Bertz CT molecular complexity index is 664. The Morgan fingerprint density at radius 2 is 1.44 bits per heavy atom. The molecular formula is C21H25NO3. The highest BCUT2D eigenvalue weighted by atomic mass is 16.4. The molecule has 3 aromatic rings. The van der Waals surface area contributed by atoms with Gasteiger partial charge in [-0.25, -0.2) is 4.98 Å². The van der Waals surface area contributed by atoms with Crippen LogP contribution in [0.1, 0.15) is 26.2 Å². The van der Waals surface area contributed by atoms with E-state index in [9.17, 15) is 4.79 Å². The summed E-state index contributed by atoms with van der Waals surface area (Å²) in [5.41, 5.74) is 2.82. The van der Waals surface area contributed by atoms with Gasteiger partial charge >= 0.3 is 0 Å². The van der Waals surface area contributed by atoms with Gasteiger partial charge in [-0.05, 0) is 0 Å². The number of hydrogen-bond acceptors (Lipinski definition) is 4. The Morgan fingerprint density at radius 3 is 1.96 bits per heavy atom. The normalized spacial score (nSPS) is 9.28. The molecule has 2 aromatic carbocycles. The third-order valence-electron chi connectivity index (χ3n) is 3.23. The number of aliphatic hydroxyl groups excluding tert-OH is 1. The molecule has 0 bridgehead atoms. The number of aromatic nitrogens is 1. The van der Waals surface area contributed by atoms with Crippen LogP contribution in [-0.4, -0.2) is 23.5 Å². The van der Waals surface area contributed by atoms with Gasteiger partial charge in [-0.15, -0.1) is 0 Å². The van der Waals surface area contributed by atoms with Crippen molar-refractivity contribution < 1.29 is 14.3 Å². The number of aryl methyl sites for hydroxylation is 1. The van der Waals surface area contributed by atoms with Crippen LogP contribution in [0, 0.1) is 0 Å². The first kappa shape index (κ1) is 20.3. The summed E-state index contributed by atoms with van der Waals surface area (Å²) in [5, 5.41) is 7.00. The van der Waals surface area contributed by atoms with Crippen molar-refractivity contribution in [3.05, 3.63) is 66.6 Å². The summed E-state index contributed by atoms with van der Waals surface area (Å²) in [4.78, 5) is 15.1. The lowest BCUT2D eigenvalue weighted by Crippen LogP contribution is -1.86. The predicted octanol–water partition coefficient (Wildman–Crippen LogP) is 4.77. The highest BCUT2D eigenvalue weighted by molar-refractivity contribution is 5.76. The molecule has 25 heavy (non-hydrogen) atoms. The zero-order valence-corrected chi connectivity index (χ0v) is 15.0. The largest absolute Gasteiger partial charge is 0.440 e. The molecule has 0 aliphatic rings. The molecular weight excluding hydrogens is 314 g/mol. The average Bonchev–Trinajstić information content (AvgIpc) is 3.15. The maximum Gasteiger partial charge on any atom is 0.195 e. The molecule has 0 aliphatic heterocycles. The van der Waals surface area contributed by atoms with Crippen molar-refractivity contribution >= 4 is 6.29 Å². The monoisotopic (exact) mass is 339 g/mol. The molecule has 0 saturated carbocycles. The summed E-state index contributed by atoms with van der Waals surface area (Å²) in [6.45, 7) is 4.00. The highest BCUT2D eigenvalue weighted by Gasteiger charge is 2.16. The number of benzene rings is 2. The van der Waals surface area contributed by atoms with Gasteiger partial charge in [0, 0.05) is 31.1 Å². The minimum atomic E-state index is 0.420. The maximum absolute atomic E-state index is 10.5. The number of nitrogens with zero attached hydrogens (tertiary/aromatic N) is 1. The standard InChI is InChI=1S/C18H15NO2.C2H6.CH4O/c20-13-7-12-16-19-17(14-8-3-1-4-9-14)18(21-16)15-10-5-2-6-11-15;2*1-2/h1-6,8-11,13H,7,12H2;1-2H3;2H,1H3. The van der Waals surface area contributed by atoms with Crippen molar-refractivity contribution in [3.8, 4) is 22.6 Å². The minimum Gasteiger partial charge on any atom is -0.440 e. The molecule has 4 heteroatoms. The first-order chi connectivity index (χ1) is 12.4. The molecule has 1 aromatic heterocycles. The molecule has 132 valence electrons. The third kappa shape index (κ3) is 5.69. The zero-order chi connectivity index (χ0) is 18.5. The smallest absolute Gasteiger partial charge is 0.195 e. The minimum absolute atomic E-state index is 0.420. The van der Waals surface area contributed by atoms with E-state index in [-0.39, 0.29) is 0 Å². The van der Waals surface area contributed by atoms with Crippen LogP contribution in [0.4, 0.5) is 0 Å². The average molecular weight is 339 g/mol. The number of carbonyl (C=O) groups excluding carboxylic acids is 1. The van der Waals surface area contributed by atoms with Crippen LogP contribution in [0.2, 0.25) is 0 Å². The first-order valence-corrected chi connectivity index (χ1v) is 8.37. The second-order valence-corrected chi connectivity index (χ2v) is 4.72. The second kappa shape index (κ2) is 11.8. The number of oxazole rings is 1. The first-order valence-electron chi connectivity index (χ1n) is 8.37. The molecule has 0 unspecified atom stereocenters. The summed E-state index contributed by atoms with van der Waals surface area (Å²) in [6.07, 6.45) is 1.83. The van der Waals surface area contributed by atoms with E-state index in [1.807, 2.05) is 74.5 Å². The summed E-state index contributed by atoms with van der Waals surface area (Å²) in [5.74, 6) is 1.35. The fourth-order valence-corrected chi connectivity index (χ4v) is 2.23. The van der Waals surface area contributed by atoms with Gasteiger partial charge < -0.3 is 14.3 Å². The topological polar surface area (TPSA) is 63.3 Å². The van der Waals surface area contributed by atoms with E-state index in [4.69, 9.17) is 9.52 Å². The van der Waals surface area contributed by atoms with Crippen LogP contribution in [0.25, 0.3) is 22.6 Å². The Kier molecular flexibility index (Phi) is 9.56. The number of aliphatic hydroxyl groups is 1. The van der Waals surface area contributed by atoms with Gasteiger partial charge in [-0.1, -0.05) is 74.5 Å². The van der Waals surface area contributed by atoms with Crippen molar-refractivity contribution in [1.82, 2.24) is 4.98 Å². The second-order valence-electron chi connectivity index (χ2n) is 4.72. The molecule has 1 N–H and O–H groups in total. The van der Waals surface area contributed by atoms with Crippen LogP contribution in [0.3, 0.4) is 0 Å². The Morgan fingerprint density at radius 1 is 0.920 bits per heavy atom. The number of rotatable bonds is 5. The lowest BCUT2D eigenvalue weighted by atomic mass is 10.1. The Balaban J connectivity index is 0.000000730. The molecule has 0 fully saturated rings. The number of hydrogen-bond donors (Lipinski definition) is 1. The van der Waals surface area contributed by atoms with E-state index < -0.39 is 0 Å². The van der Waals surface area contributed by atoms with E-state index in [2.05, 4.69) is 4.98 Å². The third-order valence-corrected chi connectivity index (χ3v) is 3.23. The Hall–Kier alpha value is -2.72. The Labute approximate surface area is 149 Å². The van der Waals surface area contributed by atoms with Crippen LogP contribution in [-0.2, 0) is 11.2 Å². The van der Waals surface area contributed by atoms with Crippen molar-refractivity contribution in [1.29, 1.82) is 0 Å². The molecule has 0 atom stereocenters. The van der Waals surface area contributed by atoms with Crippen molar-refractivity contribution in [2.45, 2.75) is 26.7 Å². The summed E-state index contributed by atoms with van der Waals surface area (Å²) in [6, 6.07) is 19.8. The molecule has 4 nitrogen and oxygen atoms in total. The van der Waals surface area contributed by atoms with Crippen molar-refractivity contribution in [3.63, 3.8) is 0 Å². The zero-order valence-electron chi connectivity index (χ0n) is 15.0. The van der Waals surface area contributed by atoms with Crippen molar-refractivity contribution in [2.75, 3.05) is 7.11 Å². The lowest BCUT2D eigenvalue weighted by molar-refractivity contribution is -0.107. The highest BCUT2D eigenvalue weighted by Crippen LogP contribution is 2.32. The van der Waals surface area contributed by atoms with Gasteiger partial charge in [-0.3, -0.25) is 0 Å². The molecule has 3 rings (SSSR count). The van der Waals surface area contributed by atoms with E-state index in [1.165, 1.54) is 0 Å². The molecule has 0 aliphatic carbocycles.